The van der Waals surface area contributed by atoms with Crippen LogP contribution in [0.4, 0.5) is 10.1 Å². The summed E-state index contributed by atoms with van der Waals surface area (Å²) in [5.41, 5.74) is 1.43. The number of fused-ring (bicyclic) bond motifs is 1. The van der Waals surface area contributed by atoms with E-state index in [1.54, 1.807) is 24.3 Å². The van der Waals surface area contributed by atoms with Gasteiger partial charge in [0.15, 0.2) is 11.5 Å². The van der Waals surface area contributed by atoms with Crippen molar-refractivity contribution in [1.82, 2.24) is 10.2 Å². The zero-order chi connectivity index (χ0) is 34.3. The molecule has 252 valence electrons. The highest BCUT2D eigenvalue weighted by atomic mass is 35.5. The Kier molecular flexibility index (Phi) is 11.2. The largest absolute Gasteiger partial charge is 0.486 e. The molecule has 0 saturated carbocycles. The quantitative estimate of drug-likeness (QED) is 0.184. The molecule has 2 amide bonds. The number of amides is 2. The molecule has 9 nitrogen and oxygen atoms in total. The van der Waals surface area contributed by atoms with Gasteiger partial charge in [-0.05, 0) is 66.9 Å². The summed E-state index contributed by atoms with van der Waals surface area (Å²) in [6, 6.07) is 24.0. The molecule has 4 aromatic carbocycles. The van der Waals surface area contributed by atoms with Crippen LogP contribution in [-0.2, 0) is 32.6 Å². The van der Waals surface area contributed by atoms with Crippen LogP contribution in [0.25, 0.3) is 0 Å². The van der Waals surface area contributed by atoms with Gasteiger partial charge in [-0.1, -0.05) is 67.1 Å². The van der Waals surface area contributed by atoms with E-state index in [9.17, 15) is 22.4 Å². The molecule has 12 heteroatoms. The zero-order valence-electron chi connectivity index (χ0n) is 26.6. The van der Waals surface area contributed by atoms with Gasteiger partial charge >= 0.3 is 0 Å². The number of ether oxygens (including phenoxy) is 2. The highest BCUT2D eigenvalue weighted by Crippen LogP contribution is 2.34. The topological polar surface area (TPSA) is 105 Å². The first kappa shape index (κ1) is 34.7. The van der Waals surface area contributed by atoms with E-state index in [0.717, 1.165) is 22.0 Å². The van der Waals surface area contributed by atoms with E-state index in [0.29, 0.717) is 29.4 Å². The van der Waals surface area contributed by atoms with Crippen molar-refractivity contribution in [3.63, 3.8) is 0 Å². The summed E-state index contributed by atoms with van der Waals surface area (Å²) < 4.78 is 54.8. The van der Waals surface area contributed by atoms with Crippen molar-refractivity contribution >= 4 is 39.1 Å². The standard InChI is InChI=1S/C36H37ClFN3O6S/c1-3-25(2)39-36(43)32(21-26-9-5-4-6-10-26)40(23-27-11-7-8-12-31(27)37)35(42)24-41(29-15-13-28(38)14-16-29)48(44,45)30-17-18-33-34(22-30)47-20-19-46-33/h4-18,22,25,32H,3,19-21,23-24H2,1-2H3,(H,39,43). The van der Waals surface area contributed by atoms with Gasteiger partial charge in [0, 0.05) is 30.1 Å². The molecule has 1 aliphatic heterocycles. The summed E-state index contributed by atoms with van der Waals surface area (Å²) in [6.45, 7) is 3.60. The molecular weight excluding hydrogens is 657 g/mol. The van der Waals surface area contributed by atoms with E-state index in [1.165, 1.54) is 35.2 Å². The predicted molar refractivity (Wildman–Crippen MR) is 182 cm³/mol. The van der Waals surface area contributed by atoms with Gasteiger partial charge in [-0.25, -0.2) is 12.8 Å². The number of anilines is 1. The number of nitrogens with one attached hydrogen (secondary N) is 1. The zero-order valence-corrected chi connectivity index (χ0v) is 28.2. The number of hydrogen-bond donors (Lipinski definition) is 1. The number of sulfonamides is 1. The summed E-state index contributed by atoms with van der Waals surface area (Å²) in [5.74, 6) is -0.992. The fourth-order valence-corrected chi connectivity index (χ4v) is 6.88. The summed E-state index contributed by atoms with van der Waals surface area (Å²) in [4.78, 5) is 29.7. The number of hydrogen-bond acceptors (Lipinski definition) is 6. The van der Waals surface area contributed by atoms with Crippen molar-refractivity contribution < 1.29 is 31.9 Å². The second-order valence-corrected chi connectivity index (χ2v) is 13.7. The number of carbonyl (C=O) groups is 2. The van der Waals surface area contributed by atoms with Crippen LogP contribution in [-0.4, -0.2) is 57.0 Å². The smallest absolute Gasteiger partial charge is 0.264 e. The average molecular weight is 694 g/mol. The third-order valence-electron chi connectivity index (χ3n) is 8.07. The number of carbonyl (C=O) groups excluding carboxylic acids is 2. The van der Waals surface area contributed by atoms with Crippen LogP contribution < -0.4 is 19.1 Å². The minimum absolute atomic E-state index is 0.0565. The van der Waals surface area contributed by atoms with Crippen molar-refractivity contribution in [3.8, 4) is 11.5 Å². The monoisotopic (exact) mass is 693 g/mol. The average Bonchev–Trinajstić information content (AvgIpc) is 3.09. The fraction of sp³-hybridized carbons (Fsp3) is 0.278. The van der Waals surface area contributed by atoms with Crippen LogP contribution in [0.2, 0.25) is 5.02 Å². The first-order valence-corrected chi connectivity index (χ1v) is 17.4. The third kappa shape index (κ3) is 8.26. The van der Waals surface area contributed by atoms with Gasteiger partial charge in [-0.3, -0.25) is 13.9 Å². The van der Waals surface area contributed by atoms with Gasteiger partial charge in [0.1, 0.15) is 31.6 Å². The Bertz CT molecular complexity index is 1840. The number of nitrogens with zero attached hydrogens (tertiary/aromatic N) is 2. The number of halogens is 2. The van der Waals surface area contributed by atoms with Crippen molar-refractivity contribution in [1.29, 1.82) is 0 Å². The lowest BCUT2D eigenvalue weighted by Crippen LogP contribution is -2.54. The van der Waals surface area contributed by atoms with Crippen LogP contribution in [0, 0.1) is 5.82 Å². The second kappa shape index (κ2) is 15.5. The molecule has 0 radical (unpaired) electrons. The van der Waals surface area contributed by atoms with E-state index in [-0.39, 0.29) is 41.9 Å². The molecule has 0 fully saturated rings. The van der Waals surface area contributed by atoms with Crippen molar-refractivity contribution in [2.75, 3.05) is 24.1 Å². The van der Waals surface area contributed by atoms with Gasteiger partial charge in [0.05, 0.1) is 10.6 Å². The van der Waals surface area contributed by atoms with Gasteiger partial charge in [0.2, 0.25) is 11.8 Å². The summed E-state index contributed by atoms with van der Waals surface area (Å²) in [7, 11) is -4.44. The van der Waals surface area contributed by atoms with Gasteiger partial charge in [-0.2, -0.15) is 0 Å². The van der Waals surface area contributed by atoms with Crippen LogP contribution in [0.1, 0.15) is 31.4 Å². The van der Waals surface area contributed by atoms with E-state index in [2.05, 4.69) is 5.32 Å². The molecule has 2 unspecified atom stereocenters. The molecule has 0 spiro atoms. The SMILES string of the molecule is CCC(C)NC(=O)C(Cc1ccccc1)N(Cc1ccccc1Cl)C(=O)CN(c1ccc(F)cc1)S(=O)(=O)c1ccc2c(c1)OCCO2. The lowest BCUT2D eigenvalue weighted by molar-refractivity contribution is -0.140. The summed E-state index contributed by atoms with van der Waals surface area (Å²) in [5, 5.41) is 3.38. The van der Waals surface area contributed by atoms with E-state index >= 15 is 0 Å². The lowest BCUT2D eigenvalue weighted by atomic mass is 10.0. The molecule has 1 heterocycles. The van der Waals surface area contributed by atoms with Gasteiger partial charge < -0.3 is 19.7 Å². The van der Waals surface area contributed by atoms with Crippen LogP contribution in [0.15, 0.2) is 102 Å². The Hall–Kier alpha value is -4.61. The first-order chi connectivity index (χ1) is 23.1. The molecular formula is C36H37ClFN3O6S. The second-order valence-electron chi connectivity index (χ2n) is 11.4. The summed E-state index contributed by atoms with van der Waals surface area (Å²) in [6.07, 6.45) is 0.819. The maximum atomic E-state index is 14.6. The number of benzene rings is 4. The molecule has 2 atom stereocenters. The summed E-state index contributed by atoms with van der Waals surface area (Å²) >= 11 is 6.55. The highest BCUT2D eigenvalue weighted by molar-refractivity contribution is 7.92. The van der Waals surface area contributed by atoms with E-state index < -0.39 is 40.2 Å². The van der Waals surface area contributed by atoms with Crippen LogP contribution in [0.3, 0.4) is 0 Å². The molecule has 0 bridgehead atoms. The lowest BCUT2D eigenvalue weighted by Gasteiger charge is -2.34. The minimum atomic E-state index is -4.44. The Labute approximate surface area is 285 Å². The molecule has 0 saturated heterocycles. The molecule has 48 heavy (non-hydrogen) atoms. The van der Waals surface area contributed by atoms with Crippen molar-refractivity contribution in [2.24, 2.45) is 0 Å². The Morgan fingerprint density at radius 1 is 0.917 bits per heavy atom. The Morgan fingerprint density at radius 2 is 1.58 bits per heavy atom. The molecule has 0 aliphatic carbocycles. The third-order valence-corrected chi connectivity index (χ3v) is 10.2. The molecule has 4 aromatic rings. The maximum Gasteiger partial charge on any atom is 0.264 e. The maximum absolute atomic E-state index is 14.6. The number of rotatable bonds is 13. The van der Waals surface area contributed by atoms with Crippen LogP contribution >= 0.6 is 11.6 Å². The van der Waals surface area contributed by atoms with Crippen molar-refractivity contribution in [2.45, 2.75) is 50.2 Å². The molecule has 1 aliphatic rings. The normalized spacial score (nSPS) is 13.7. The fourth-order valence-electron chi connectivity index (χ4n) is 5.25. The first-order valence-electron chi connectivity index (χ1n) is 15.6. The van der Waals surface area contributed by atoms with Gasteiger partial charge in [-0.15, -0.1) is 0 Å². The van der Waals surface area contributed by atoms with Gasteiger partial charge in [0.25, 0.3) is 10.0 Å². The Balaban J connectivity index is 1.58. The molecule has 0 aromatic heterocycles. The molecule has 1 N–H and O–H groups in total. The van der Waals surface area contributed by atoms with Crippen LogP contribution in [0.5, 0.6) is 11.5 Å². The van der Waals surface area contributed by atoms with E-state index in [4.69, 9.17) is 21.1 Å². The van der Waals surface area contributed by atoms with E-state index in [1.807, 2.05) is 44.2 Å². The predicted octanol–water partition coefficient (Wildman–Crippen LogP) is 6.00. The van der Waals surface area contributed by atoms with Crippen molar-refractivity contribution in [3.05, 3.63) is 119 Å². The highest BCUT2D eigenvalue weighted by Gasteiger charge is 2.35. The minimum Gasteiger partial charge on any atom is -0.486 e. The Morgan fingerprint density at radius 3 is 2.27 bits per heavy atom. The molecule has 5 rings (SSSR count).